The number of hydrogen-bond acceptors (Lipinski definition) is 4. The molecule has 4 nitrogen and oxygen atoms in total. The van der Waals surface area contributed by atoms with Crippen molar-refractivity contribution in [2.45, 2.75) is 39.7 Å². The van der Waals surface area contributed by atoms with Crippen LogP contribution in [-0.4, -0.2) is 37.3 Å². The van der Waals surface area contributed by atoms with E-state index in [1.807, 2.05) is 12.1 Å². The van der Waals surface area contributed by atoms with Crippen molar-refractivity contribution >= 4 is 0 Å². The lowest BCUT2D eigenvalue weighted by molar-refractivity contribution is 0.233. The van der Waals surface area contributed by atoms with Crippen LogP contribution in [0.3, 0.4) is 0 Å². The van der Waals surface area contributed by atoms with Gasteiger partial charge < -0.3 is 14.6 Å². The Morgan fingerprint density at radius 3 is 2.41 bits per heavy atom. The number of aromatic hydroxyl groups is 1. The number of fused-ring (bicyclic) bond motifs is 2. The van der Waals surface area contributed by atoms with E-state index in [9.17, 15) is 5.11 Å². The van der Waals surface area contributed by atoms with Gasteiger partial charge in [0.1, 0.15) is 5.75 Å². The second-order valence-corrected chi connectivity index (χ2v) is 7.77. The molecule has 0 atom stereocenters. The van der Waals surface area contributed by atoms with Crippen molar-refractivity contribution in [3.63, 3.8) is 0 Å². The number of hydrogen-bond donors (Lipinski definition) is 1. The molecule has 0 fully saturated rings. The molecular weight excluding hydrogens is 338 g/mol. The van der Waals surface area contributed by atoms with Crippen LogP contribution in [0.2, 0.25) is 0 Å². The van der Waals surface area contributed by atoms with E-state index in [1.54, 1.807) is 20.3 Å². The van der Waals surface area contributed by atoms with Gasteiger partial charge in [-0.25, -0.2) is 0 Å². The Labute approximate surface area is 162 Å². The second-order valence-electron chi connectivity index (χ2n) is 7.77. The quantitative estimate of drug-likeness (QED) is 0.877. The molecule has 4 heteroatoms. The van der Waals surface area contributed by atoms with Crippen molar-refractivity contribution < 1.29 is 14.6 Å². The summed E-state index contributed by atoms with van der Waals surface area (Å²) in [6.45, 7) is 7.40. The van der Waals surface area contributed by atoms with Crippen LogP contribution in [0.4, 0.5) is 0 Å². The van der Waals surface area contributed by atoms with Crippen LogP contribution in [0.25, 0.3) is 0 Å². The van der Waals surface area contributed by atoms with Crippen LogP contribution in [0.15, 0.2) is 30.3 Å². The SMILES string of the molecule is COc1ccc2c(c1OC)CN(CC(C)C)CCc1ccc(O)cc1CC2. The maximum Gasteiger partial charge on any atom is 0.165 e. The Balaban J connectivity index is 2.04. The van der Waals surface area contributed by atoms with Gasteiger partial charge in [-0.1, -0.05) is 26.0 Å². The highest BCUT2D eigenvalue weighted by molar-refractivity contribution is 5.51. The van der Waals surface area contributed by atoms with Gasteiger partial charge in [0.05, 0.1) is 14.2 Å². The minimum absolute atomic E-state index is 0.345. The third-order valence-corrected chi connectivity index (χ3v) is 5.30. The van der Waals surface area contributed by atoms with Gasteiger partial charge in [0, 0.05) is 25.2 Å². The summed E-state index contributed by atoms with van der Waals surface area (Å²) in [5, 5.41) is 9.95. The van der Waals surface area contributed by atoms with Gasteiger partial charge in [-0.05, 0) is 60.1 Å². The molecule has 0 aromatic heterocycles. The fourth-order valence-electron chi connectivity index (χ4n) is 4.05. The van der Waals surface area contributed by atoms with Crippen molar-refractivity contribution in [1.29, 1.82) is 0 Å². The zero-order chi connectivity index (χ0) is 19.4. The molecule has 0 aliphatic carbocycles. The third kappa shape index (κ3) is 4.56. The molecule has 0 unspecified atom stereocenters. The summed E-state index contributed by atoms with van der Waals surface area (Å²) < 4.78 is 11.3. The van der Waals surface area contributed by atoms with E-state index in [-0.39, 0.29) is 0 Å². The van der Waals surface area contributed by atoms with Crippen molar-refractivity contribution in [3.05, 3.63) is 52.6 Å². The second kappa shape index (κ2) is 8.66. The standard InChI is InChI=1S/C23H31NO3/c1-16(2)14-24-12-11-17-7-9-20(25)13-19(17)6-5-18-8-10-22(26-3)23(27-4)21(18)15-24/h7-10,13,16,25H,5-6,11-12,14-15H2,1-4H3. The van der Waals surface area contributed by atoms with Gasteiger partial charge >= 0.3 is 0 Å². The van der Waals surface area contributed by atoms with E-state index in [2.05, 4.69) is 30.9 Å². The lowest BCUT2D eigenvalue weighted by Crippen LogP contribution is -2.31. The first-order valence-electron chi connectivity index (χ1n) is 9.77. The molecule has 1 aliphatic heterocycles. The number of benzene rings is 2. The average Bonchev–Trinajstić information content (AvgIpc) is 2.64. The highest BCUT2D eigenvalue weighted by Crippen LogP contribution is 2.36. The molecule has 3 rings (SSSR count). The Morgan fingerprint density at radius 1 is 0.963 bits per heavy atom. The number of phenolic OH excluding ortho intramolecular Hbond substituents is 1. The molecule has 0 saturated carbocycles. The lowest BCUT2D eigenvalue weighted by atomic mass is 9.93. The van der Waals surface area contributed by atoms with Gasteiger partial charge in [0.25, 0.3) is 0 Å². The van der Waals surface area contributed by atoms with Gasteiger partial charge in [0.15, 0.2) is 11.5 Å². The molecule has 0 saturated heterocycles. The van der Waals surface area contributed by atoms with Crippen LogP contribution >= 0.6 is 0 Å². The minimum atomic E-state index is 0.345. The van der Waals surface area contributed by atoms with E-state index in [0.29, 0.717) is 11.7 Å². The van der Waals surface area contributed by atoms with E-state index in [0.717, 1.165) is 50.4 Å². The molecule has 0 radical (unpaired) electrons. The highest BCUT2D eigenvalue weighted by atomic mass is 16.5. The summed E-state index contributed by atoms with van der Waals surface area (Å²) in [5.41, 5.74) is 5.09. The normalized spacial score (nSPS) is 15.1. The molecule has 1 aliphatic rings. The Kier molecular flexibility index (Phi) is 6.27. The summed E-state index contributed by atoms with van der Waals surface area (Å²) in [4.78, 5) is 2.51. The molecular formula is C23H31NO3. The van der Waals surface area contributed by atoms with Gasteiger partial charge in [0.2, 0.25) is 0 Å². The number of nitrogens with zero attached hydrogens (tertiary/aromatic N) is 1. The Morgan fingerprint density at radius 2 is 1.70 bits per heavy atom. The molecule has 146 valence electrons. The summed E-state index contributed by atoms with van der Waals surface area (Å²) in [5.74, 6) is 2.57. The first-order valence-corrected chi connectivity index (χ1v) is 9.77. The molecule has 27 heavy (non-hydrogen) atoms. The Bertz CT molecular complexity index is 785. The minimum Gasteiger partial charge on any atom is -0.508 e. The average molecular weight is 370 g/mol. The van der Waals surface area contributed by atoms with Gasteiger partial charge in [-0.3, -0.25) is 4.90 Å². The first-order chi connectivity index (χ1) is 13.0. The number of rotatable bonds is 4. The van der Waals surface area contributed by atoms with Crippen LogP contribution in [0, 0.1) is 5.92 Å². The maximum atomic E-state index is 9.95. The van der Waals surface area contributed by atoms with E-state index in [1.165, 1.54) is 22.3 Å². The van der Waals surface area contributed by atoms with E-state index in [4.69, 9.17) is 9.47 Å². The fourth-order valence-corrected chi connectivity index (χ4v) is 4.05. The zero-order valence-corrected chi connectivity index (χ0v) is 16.9. The molecule has 0 spiro atoms. The molecule has 2 aromatic carbocycles. The summed E-state index contributed by atoms with van der Waals surface area (Å²) >= 11 is 0. The van der Waals surface area contributed by atoms with Gasteiger partial charge in [-0.2, -0.15) is 0 Å². The van der Waals surface area contributed by atoms with Crippen molar-refractivity contribution in [1.82, 2.24) is 4.90 Å². The molecule has 1 heterocycles. The smallest absolute Gasteiger partial charge is 0.165 e. The molecule has 2 aromatic rings. The maximum absolute atomic E-state index is 9.95. The Hall–Kier alpha value is -2.20. The number of methoxy groups -OCH3 is 2. The van der Waals surface area contributed by atoms with Crippen LogP contribution in [0.1, 0.15) is 36.1 Å². The topological polar surface area (TPSA) is 41.9 Å². The van der Waals surface area contributed by atoms with Crippen LogP contribution < -0.4 is 9.47 Å². The molecule has 0 amide bonds. The number of ether oxygens (including phenoxy) is 2. The van der Waals surface area contributed by atoms with Gasteiger partial charge in [-0.15, -0.1) is 0 Å². The fraction of sp³-hybridized carbons (Fsp3) is 0.478. The van der Waals surface area contributed by atoms with Crippen molar-refractivity contribution in [3.8, 4) is 17.2 Å². The lowest BCUT2D eigenvalue weighted by Gasteiger charge is -2.28. The zero-order valence-electron chi connectivity index (χ0n) is 16.9. The monoisotopic (exact) mass is 369 g/mol. The van der Waals surface area contributed by atoms with E-state index >= 15 is 0 Å². The van der Waals surface area contributed by atoms with E-state index < -0.39 is 0 Å². The van der Waals surface area contributed by atoms with Crippen LogP contribution in [0.5, 0.6) is 17.2 Å². The largest absolute Gasteiger partial charge is 0.508 e. The predicted molar refractivity (Wildman–Crippen MR) is 109 cm³/mol. The van der Waals surface area contributed by atoms with Crippen molar-refractivity contribution in [2.75, 3.05) is 27.3 Å². The number of phenols is 1. The summed E-state index contributed by atoms with van der Waals surface area (Å²) in [6, 6.07) is 9.96. The highest BCUT2D eigenvalue weighted by Gasteiger charge is 2.20. The third-order valence-electron chi connectivity index (χ3n) is 5.30. The first kappa shape index (κ1) is 19.6. The summed E-state index contributed by atoms with van der Waals surface area (Å²) in [7, 11) is 3.41. The van der Waals surface area contributed by atoms with Crippen molar-refractivity contribution in [2.24, 2.45) is 5.92 Å². The molecule has 0 bridgehead atoms. The predicted octanol–water partition coefficient (Wildman–Crippen LogP) is 4.21. The van der Waals surface area contributed by atoms with Crippen LogP contribution in [-0.2, 0) is 25.8 Å². The number of aryl methyl sites for hydroxylation is 2. The summed E-state index contributed by atoms with van der Waals surface area (Å²) in [6.07, 6.45) is 2.82. The molecule has 1 N–H and O–H groups in total.